The summed E-state index contributed by atoms with van der Waals surface area (Å²) in [5.74, 6) is -1.61. The molecule has 170 valence electrons. The van der Waals surface area contributed by atoms with Gasteiger partial charge in [-0.1, -0.05) is 35.9 Å². The number of fused-ring (bicyclic) bond motifs is 1. The highest BCUT2D eigenvalue weighted by atomic mass is 16.2. The number of amides is 3. The smallest absolute Gasteiger partial charge is 0.272 e. The first kappa shape index (κ1) is 22.0. The van der Waals surface area contributed by atoms with Crippen LogP contribution in [0.15, 0.2) is 52.1 Å². The number of rotatable bonds is 6. The number of aryl methyl sites for hydroxylation is 1. The molecule has 0 saturated carbocycles. The molecule has 1 atom stereocenters. The molecule has 3 aromatic rings. The number of nitrogens with one attached hydrogen (secondary N) is 4. The van der Waals surface area contributed by atoms with Gasteiger partial charge in [-0.05, 0) is 24.6 Å². The molecule has 1 aromatic heterocycles. The number of hydrogen-bond donors (Lipinski definition) is 4. The zero-order chi connectivity index (χ0) is 23.5. The van der Waals surface area contributed by atoms with Gasteiger partial charge in [-0.25, -0.2) is 0 Å². The van der Waals surface area contributed by atoms with Gasteiger partial charge in [0, 0.05) is 19.5 Å². The third kappa shape index (κ3) is 4.84. The lowest BCUT2D eigenvalue weighted by Gasteiger charge is -2.17. The molecule has 0 spiro atoms. The lowest BCUT2D eigenvalue weighted by atomic mass is 10.1. The van der Waals surface area contributed by atoms with Crippen molar-refractivity contribution in [2.75, 3.05) is 18.4 Å². The highest BCUT2D eigenvalue weighted by Crippen LogP contribution is 2.21. The molecule has 1 saturated heterocycles. The number of benzene rings is 2. The maximum atomic E-state index is 12.5. The van der Waals surface area contributed by atoms with Crippen LogP contribution in [0.5, 0.6) is 0 Å². The van der Waals surface area contributed by atoms with E-state index in [0.717, 1.165) is 11.1 Å². The van der Waals surface area contributed by atoms with Crippen molar-refractivity contribution in [3.63, 3.8) is 0 Å². The van der Waals surface area contributed by atoms with Crippen LogP contribution in [0, 0.1) is 12.8 Å². The van der Waals surface area contributed by atoms with Crippen molar-refractivity contribution in [1.29, 1.82) is 0 Å². The van der Waals surface area contributed by atoms with Crippen molar-refractivity contribution in [1.82, 2.24) is 20.4 Å². The van der Waals surface area contributed by atoms with Gasteiger partial charge in [0.2, 0.25) is 17.7 Å². The zero-order valence-electron chi connectivity index (χ0n) is 17.9. The second-order valence-electron chi connectivity index (χ2n) is 8.06. The van der Waals surface area contributed by atoms with Crippen LogP contribution >= 0.6 is 0 Å². The highest BCUT2D eigenvalue weighted by molar-refractivity contribution is 6.03. The standard InChI is InChI=1S/C23H23N5O5/c1-13-5-7-14(8-6-13)11-28-12-15(9-19(28)30)21(31)24-10-18(29)25-17-4-2-3-16-20(17)23(33)27-26-22(16)32/h2-8,15H,9-12H2,1H3,(H,24,31)(H,25,29)(H,26,32)(H,27,33). The molecule has 1 unspecified atom stereocenters. The number of anilines is 1. The summed E-state index contributed by atoms with van der Waals surface area (Å²) < 4.78 is 0. The van der Waals surface area contributed by atoms with Crippen LogP contribution in [0.25, 0.3) is 10.8 Å². The van der Waals surface area contributed by atoms with Gasteiger partial charge in [0.1, 0.15) is 0 Å². The van der Waals surface area contributed by atoms with Crippen LogP contribution in [0.4, 0.5) is 5.69 Å². The maximum Gasteiger partial charge on any atom is 0.272 e. The summed E-state index contributed by atoms with van der Waals surface area (Å²) in [6.45, 7) is 2.36. The number of nitrogens with zero attached hydrogens (tertiary/aromatic N) is 1. The van der Waals surface area contributed by atoms with Crippen LogP contribution < -0.4 is 21.8 Å². The minimum atomic E-state index is -0.559. The summed E-state index contributed by atoms with van der Waals surface area (Å²) in [5, 5.41) is 9.73. The highest BCUT2D eigenvalue weighted by Gasteiger charge is 2.34. The van der Waals surface area contributed by atoms with Crippen molar-refractivity contribution < 1.29 is 14.4 Å². The van der Waals surface area contributed by atoms with Gasteiger partial charge in [0.25, 0.3) is 11.1 Å². The number of H-pyrrole nitrogens is 2. The topological polar surface area (TPSA) is 144 Å². The van der Waals surface area contributed by atoms with Crippen molar-refractivity contribution in [2.24, 2.45) is 5.92 Å². The number of hydrogen-bond acceptors (Lipinski definition) is 5. The Kier molecular flexibility index (Phi) is 6.07. The van der Waals surface area contributed by atoms with Crippen molar-refractivity contribution in [3.05, 3.63) is 74.3 Å². The van der Waals surface area contributed by atoms with Gasteiger partial charge in [-0.3, -0.25) is 34.2 Å². The predicted octanol–water partition coefficient (Wildman–Crippen LogP) is 0.628. The Hall–Kier alpha value is -4.21. The lowest BCUT2D eigenvalue weighted by molar-refractivity contribution is -0.129. The number of aromatic amines is 2. The van der Waals surface area contributed by atoms with Gasteiger partial charge >= 0.3 is 0 Å². The summed E-state index contributed by atoms with van der Waals surface area (Å²) in [6.07, 6.45) is 0.0841. The first-order chi connectivity index (χ1) is 15.8. The molecule has 10 nitrogen and oxygen atoms in total. The Balaban J connectivity index is 1.34. The van der Waals surface area contributed by atoms with Crippen LogP contribution in [-0.4, -0.2) is 45.9 Å². The first-order valence-electron chi connectivity index (χ1n) is 10.5. The summed E-state index contributed by atoms with van der Waals surface area (Å²) in [7, 11) is 0. The molecule has 3 amide bonds. The molecule has 10 heteroatoms. The van der Waals surface area contributed by atoms with E-state index in [2.05, 4.69) is 20.8 Å². The first-order valence-corrected chi connectivity index (χ1v) is 10.5. The number of carbonyl (C=O) groups excluding carboxylic acids is 3. The molecule has 2 heterocycles. The van der Waals surface area contributed by atoms with Gasteiger partial charge in [0.05, 0.1) is 28.9 Å². The lowest BCUT2D eigenvalue weighted by Crippen LogP contribution is -2.38. The number of carbonyl (C=O) groups is 3. The van der Waals surface area contributed by atoms with E-state index < -0.39 is 28.9 Å². The molecule has 4 rings (SSSR count). The number of aromatic nitrogens is 2. The third-order valence-electron chi connectivity index (χ3n) is 5.60. The Bertz CT molecular complexity index is 1340. The molecule has 0 aliphatic carbocycles. The zero-order valence-corrected chi connectivity index (χ0v) is 17.9. The van der Waals surface area contributed by atoms with Crippen LogP contribution in [0.2, 0.25) is 0 Å². The third-order valence-corrected chi connectivity index (χ3v) is 5.60. The second-order valence-corrected chi connectivity index (χ2v) is 8.06. The molecule has 0 radical (unpaired) electrons. The minimum absolute atomic E-state index is 0.0501. The van der Waals surface area contributed by atoms with E-state index in [1.54, 1.807) is 4.90 Å². The van der Waals surface area contributed by atoms with E-state index >= 15 is 0 Å². The van der Waals surface area contributed by atoms with E-state index in [1.807, 2.05) is 31.2 Å². The molecule has 1 fully saturated rings. The summed E-state index contributed by atoms with van der Waals surface area (Å²) in [4.78, 5) is 62.8. The molecule has 0 bridgehead atoms. The molecule has 4 N–H and O–H groups in total. The fourth-order valence-corrected chi connectivity index (χ4v) is 3.85. The maximum absolute atomic E-state index is 12.5. The Morgan fingerprint density at radius 1 is 1.03 bits per heavy atom. The molecule has 1 aliphatic rings. The van der Waals surface area contributed by atoms with E-state index in [-0.39, 0.29) is 41.9 Å². The molecule has 2 aromatic carbocycles. The minimum Gasteiger partial charge on any atom is -0.347 e. The van der Waals surface area contributed by atoms with Gasteiger partial charge in [-0.15, -0.1) is 0 Å². The Morgan fingerprint density at radius 3 is 2.52 bits per heavy atom. The average molecular weight is 449 g/mol. The van der Waals surface area contributed by atoms with Gasteiger partial charge in [-0.2, -0.15) is 0 Å². The van der Waals surface area contributed by atoms with Crippen molar-refractivity contribution in [3.8, 4) is 0 Å². The van der Waals surface area contributed by atoms with Crippen LogP contribution in [0.1, 0.15) is 17.5 Å². The predicted molar refractivity (Wildman–Crippen MR) is 122 cm³/mol. The average Bonchev–Trinajstić information content (AvgIpc) is 3.16. The van der Waals surface area contributed by atoms with Gasteiger partial charge < -0.3 is 15.5 Å². The van der Waals surface area contributed by atoms with E-state index in [4.69, 9.17) is 0 Å². The molecule has 33 heavy (non-hydrogen) atoms. The normalized spacial score (nSPS) is 15.6. The SMILES string of the molecule is Cc1ccc(CN2CC(C(=O)NCC(=O)Nc3cccc4c(=O)[nH][nH]c(=O)c34)CC2=O)cc1. The van der Waals surface area contributed by atoms with Crippen LogP contribution in [-0.2, 0) is 20.9 Å². The molecule has 1 aliphatic heterocycles. The van der Waals surface area contributed by atoms with Crippen molar-refractivity contribution >= 4 is 34.2 Å². The fourth-order valence-electron chi connectivity index (χ4n) is 3.85. The number of likely N-dealkylation sites (tertiary alicyclic amines) is 1. The van der Waals surface area contributed by atoms with Crippen LogP contribution in [0.3, 0.4) is 0 Å². The Labute approximate surface area is 188 Å². The quantitative estimate of drug-likeness (QED) is 0.436. The summed E-state index contributed by atoms with van der Waals surface area (Å²) in [6, 6.07) is 12.4. The largest absolute Gasteiger partial charge is 0.347 e. The molecular formula is C23H23N5O5. The summed E-state index contributed by atoms with van der Waals surface area (Å²) >= 11 is 0. The van der Waals surface area contributed by atoms with E-state index in [9.17, 15) is 24.0 Å². The van der Waals surface area contributed by atoms with Gasteiger partial charge in [0.15, 0.2) is 0 Å². The second kappa shape index (κ2) is 9.11. The fraction of sp³-hybridized carbons (Fsp3) is 0.261. The van der Waals surface area contributed by atoms with Crippen molar-refractivity contribution in [2.45, 2.75) is 19.9 Å². The monoisotopic (exact) mass is 449 g/mol. The van der Waals surface area contributed by atoms with E-state index in [1.165, 1.54) is 18.2 Å². The Morgan fingerprint density at radius 2 is 1.76 bits per heavy atom. The summed E-state index contributed by atoms with van der Waals surface area (Å²) in [5.41, 5.74) is 1.23. The molecular weight excluding hydrogens is 426 g/mol. The van der Waals surface area contributed by atoms with E-state index in [0.29, 0.717) is 6.54 Å².